The fourth-order valence-electron chi connectivity index (χ4n) is 4.13. The molecule has 3 aromatic rings. The molecule has 31 heavy (non-hydrogen) atoms. The summed E-state index contributed by atoms with van der Waals surface area (Å²) in [5.74, 6) is -1.35. The predicted octanol–water partition coefficient (Wildman–Crippen LogP) is 4.13. The number of likely N-dealkylation sites (N-methyl/N-ethyl adjacent to an activating group) is 1. The van der Waals surface area contributed by atoms with Crippen molar-refractivity contribution in [2.45, 2.75) is 13.0 Å². The highest BCUT2D eigenvalue weighted by Crippen LogP contribution is 2.40. The van der Waals surface area contributed by atoms with Crippen LogP contribution < -0.4 is 0 Å². The summed E-state index contributed by atoms with van der Waals surface area (Å²) in [7, 11) is 3.85. The van der Waals surface area contributed by atoms with Gasteiger partial charge in [0.25, 0.3) is 11.7 Å². The summed E-state index contributed by atoms with van der Waals surface area (Å²) in [6.07, 6.45) is 0. The van der Waals surface area contributed by atoms with E-state index in [2.05, 4.69) is 0 Å². The van der Waals surface area contributed by atoms with Crippen molar-refractivity contribution in [1.29, 1.82) is 0 Å². The zero-order valence-electron chi connectivity index (χ0n) is 18.0. The van der Waals surface area contributed by atoms with E-state index >= 15 is 0 Å². The number of ketones is 1. The van der Waals surface area contributed by atoms with Gasteiger partial charge >= 0.3 is 0 Å². The van der Waals surface area contributed by atoms with Gasteiger partial charge in [0.1, 0.15) is 5.76 Å². The topological polar surface area (TPSA) is 60.9 Å². The second-order valence-corrected chi connectivity index (χ2v) is 8.21. The molecule has 5 nitrogen and oxygen atoms in total. The van der Waals surface area contributed by atoms with Crippen molar-refractivity contribution in [3.05, 3.63) is 89.0 Å². The Morgan fingerprint density at radius 1 is 0.968 bits per heavy atom. The lowest BCUT2D eigenvalue weighted by atomic mass is 9.92. The number of hydrogen-bond donors (Lipinski definition) is 1. The molecule has 1 aliphatic rings. The largest absolute Gasteiger partial charge is 0.507 e. The van der Waals surface area contributed by atoms with Crippen LogP contribution in [0.2, 0.25) is 0 Å². The molecule has 0 aliphatic carbocycles. The van der Waals surface area contributed by atoms with Crippen LogP contribution >= 0.6 is 0 Å². The van der Waals surface area contributed by atoms with E-state index in [1.165, 1.54) is 0 Å². The molecule has 1 heterocycles. The van der Waals surface area contributed by atoms with E-state index in [0.29, 0.717) is 18.7 Å². The third-order valence-corrected chi connectivity index (χ3v) is 5.83. The highest BCUT2D eigenvalue weighted by atomic mass is 16.3. The smallest absolute Gasteiger partial charge is 0.295 e. The maximum atomic E-state index is 13.1. The number of benzene rings is 3. The van der Waals surface area contributed by atoms with Crippen LogP contribution in [-0.2, 0) is 9.59 Å². The first-order valence-electron chi connectivity index (χ1n) is 10.4. The zero-order valence-corrected chi connectivity index (χ0v) is 18.0. The van der Waals surface area contributed by atoms with Gasteiger partial charge in [0.15, 0.2) is 0 Å². The minimum atomic E-state index is -0.641. The van der Waals surface area contributed by atoms with Crippen LogP contribution in [0.1, 0.15) is 22.7 Å². The van der Waals surface area contributed by atoms with Gasteiger partial charge in [0.2, 0.25) is 0 Å². The van der Waals surface area contributed by atoms with Crippen LogP contribution in [-0.4, -0.2) is 53.8 Å². The van der Waals surface area contributed by atoms with Gasteiger partial charge in [0.05, 0.1) is 11.6 Å². The Labute approximate surface area is 182 Å². The predicted molar refractivity (Wildman–Crippen MR) is 123 cm³/mol. The number of aliphatic hydroxyl groups is 1. The van der Waals surface area contributed by atoms with Crippen molar-refractivity contribution in [2.24, 2.45) is 0 Å². The fraction of sp³-hybridized carbons (Fsp3) is 0.231. The van der Waals surface area contributed by atoms with Crippen molar-refractivity contribution in [3.8, 4) is 0 Å². The molecular formula is C26H26N2O3. The number of hydrogen-bond acceptors (Lipinski definition) is 4. The molecule has 0 spiro atoms. The highest BCUT2D eigenvalue weighted by molar-refractivity contribution is 6.46. The number of nitrogens with zero attached hydrogens (tertiary/aromatic N) is 2. The Balaban J connectivity index is 1.88. The molecule has 1 N–H and O–H groups in total. The molecule has 0 radical (unpaired) electrons. The van der Waals surface area contributed by atoms with Gasteiger partial charge in [-0.25, -0.2) is 0 Å². The van der Waals surface area contributed by atoms with Crippen LogP contribution in [0.15, 0.2) is 72.3 Å². The molecule has 3 aromatic carbocycles. The number of aryl methyl sites for hydroxylation is 1. The summed E-state index contributed by atoms with van der Waals surface area (Å²) in [6.45, 7) is 2.97. The summed E-state index contributed by atoms with van der Waals surface area (Å²) < 4.78 is 0. The van der Waals surface area contributed by atoms with Gasteiger partial charge in [-0.2, -0.15) is 0 Å². The minimum Gasteiger partial charge on any atom is -0.507 e. The third-order valence-electron chi connectivity index (χ3n) is 5.83. The first kappa shape index (κ1) is 20.8. The second-order valence-electron chi connectivity index (χ2n) is 8.21. The van der Waals surface area contributed by atoms with E-state index in [-0.39, 0.29) is 11.3 Å². The molecule has 1 unspecified atom stereocenters. The fourth-order valence-corrected chi connectivity index (χ4v) is 4.13. The Kier molecular flexibility index (Phi) is 5.61. The summed E-state index contributed by atoms with van der Waals surface area (Å²) in [5.41, 5.74) is 2.49. The molecule has 1 atom stereocenters. The quantitative estimate of drug-likeness (QED) is 0.387. The molecule has 1 saturated heterocycles. The van der Waals surface area contributed by atoms with Crippen molar-refractivity contribution in [3.63, 3.8) is 0 Å². The molecule has 0 saturated carbocycles. The number of rotatable bonds is 5. The minimum absolute atomic E-state index is 0.135. The van der Waals surface area contributed by atoms with E-state index in [1.807, 2.05) is 86.6 Å². The van der Waals surface area contributed by atoms with Crippen molar-refractivity contribution < 1.29 is 14.7 Å². The molecule has 158 valence electrons. The number of Topliss-reactive ketones (excluding diaryl/α,β-unsaturated/α-hetero) is 1. The van der Waals surface area contributed by atoms with Gasteiger partial charge in [-0.05, 0) is 49.0 Å². The average molecular weight is 415 g/mol. The average Bonchev–Trinajstić information content (AvgIpc) is 3.01. The molecule has 1 aliphatic heterocycles. The van der Waals surface area contributed by atoms with Gasteiger partial charge in [-0.3, -0.25) is 9.59 Å². The maximum absolute atomic E-state index is 13.1. The Hall–Kier alpha value is -3.44. The summed E-state index contributed by atoms with van der Waals surface area (Å²) in [6, 6.07) is 20.5. The molecular weight excluding hydrogens is 388 g/mol. The van der Waals surface area contributed by atoms with E-state index in [1.54, 1.807) is 11.0 Å². The molecule has 5 heteroatoms. The Morgan fingerprint density at radius 2 is 1.65 bits per heavy atom. The SMILES string of the molecule is Cc1ccccc1C1/C(=C(\O)c2ccc3ccccc3c2)C(=O)C(=O)N1CCN(C)C. The second kappa shape index (κ2) is 8.36. The normalized spacial score (nSPS) is 18.3. The van der Waals surface area contributed by atoms with E-state index in [0.717, 1.165) is 21.9 Å². The Morgan fingerprint density at radius 3 is 2.35 bits per heavy atom. The number of likely N-dealkylation sites (tertiary alicyclic amines) is 1. The standard InChI is InChI=1S/C26H26N2O3/c1-17-8-4-7-11-21(17)23-22(25(30)26(31)28(23)15-14-27(2)3)24(29)20-13-12-18-9-5-6-10-19(18)16-20/h4-13,16,23,29H,14-15H2,1-3H3/b24-22+. The number of amides is 1. The maximum Gasteiger partial charge on any atom is 0.295 e. The van der Waals surface area contributed by atoms with E-state index in [9.17, 15) is 14.7 Å². The zero-order chi connectivity index (χ0) is 22.1. The van der Waals surface area contributed by atoms with Crippen LogP contribution in [0.25, 0.3) is 16.5 Å². The molecule has 0 aromatic heterocycles. The van der Waals surface area contributed by atoms with Crippen molar-refractivity contribution >= 4 is 28.2 Å². The number of carbonyl (C=O) groups excluding carboxylic acids is 2. The summed E-state index contributed by atoms with van der Waals surface area (Å²) >= 11 is 0. The lowest BCUT2D eigenvalue weighted by molar-refractivity contribution is -0.140. The summed E-state index contributed by atoms with van der Waals surface area (Å²) in [5, 5.41) is 13.3. The lowest BCUT2D eigenvalue weighted by Gasteiger charge is -2.27. The Bertz CT molecular complexity index is 1200. The summed E-state index contributed by atoms with van der Waals surface area (Å²) in [4.78, 5) is 29.6. The van der Waals surface area contributed by atoms with Crippen LogP contribution in [0.3, 0.4) is 0 Å². The number of carbonyl (C=O) groups is 2. The number of fused-ring (bicyclic) bond motifs is 1. The van der Waals surface area contributed by atoms with Gasteiger partial charge in [-0.15, -0.1) is 0 Å². The van der Waals surface area contributed by atoms with Crippen molar-refractivity contribution in [2.75, 3.05) is 27.2 Å². The van der Waals surface area contributed by atoms with Crippen LogP contribution in [0.4, 0.5) is 0 Å². The van der Waals surface area contributed by atoms with Gasteiger partial charge in [0, 0.05) is 18.7 Å². The lowest BCUT2D eigenvalue weighted by Crippen LogP contribution is -2.35. The van der Waals surface area contributed by atoms with Crippen molar-refractivity contribution in [1.82, 2.24) is 9.80 Å². The molecule has 4 rings (SSSR count). The third kappa shape index (κ3) is 3.84. The molecule has 1 fully saturated rings. The van der Waals surface area contributed by atoms with E-state index < -0.39 is 17.7 Å². The highest BCUT2D eigenvalue weighted by Gasteiger charge is 2.46. The molecule has 0 bridgehead atoms. The first-order valence-corrected chi connectivity index (χ1v) is 10.4. The van der Waals surface area contributed by atoms with Crippen LogP contribution in [0.5, 0.6) is 0 Å². The van der Waals surface area contributed by atoms with Gasteiger partial charge < -0.3 is 14.9 Å². The van der Waals surface area contributed by atoms with Gasteiger partial charge in [-0.1, -0.05) is 60.7 Å². The monoisotopic (exact) mass is 414 g/mol. The first-order chi connectivity index (χ1) is 14.9. The number of aliphatic hydroxyl groups excluding tert-OH is 1. The molecule has 1 amide bonds. The van der Waals surface area contributed by atoms with E-state index in [4.69, 9.17) is 0 Å². The van der Waals surface area contributed by atoms with Crippen LogP contribution in [0, 0.1) is 6.92 Å².